The number of aromatic amines is 1. The number of amides is 1. The van der Waals surface area contributed by atoms with Gasteiger partial charge in [0.25, 0.3) is 5.91 Å². The smallest absolute Gasteiger partial charge is 0.298 e. The number of alkyl halides is 9. The normalized spacial score (nSPS) is 12.3. The van der Waals surface area contributed by atoms with E-state index in [4.69, 9.17) is 0 Å². The van der Waals surface area contributed by atoms with Crippen molar-refractivity contribution in [1.29, 1.82) is 0 Å². The highest BCUT2D eigenvalue weighted by atomic mass is 19.4. The molecule has 0 spiro atoms. The molecule has 0 radical (unpaired) electrons. The van der Waals surface area contributed by atoms with Gasteiger partial charge in [-0.1, -0.05) is 18.2 Å². The summed E-state index contributed by atoms with van der Waals surface area (Å²) in [6.07, 6.45) is -14.8. The lowest BCUT2D eigenvalue weighted by atomic mass is 10.0. The molecule has 0 unspecified atom stereocenters. The van der Waals surface area contributed by atoms with E-state index in [2.05, 4.69) is 26.0 Å². The van der Waals surface area contributed by atoms with Gasteiger partial charge in [0.15, 0.2) is 5.82 Å². The van der Waals surface area contributed by atoms with Crippen molar-refractivity contribution in [2.24, 2.45) is 0 Å². The number of hydrogen-bond acceptors (Lipinski definition) is 5. The lowest BCUT2D eigenvalue weighted by molar-refractivity contribution is -0.143. The van der Waals surface area contributed by atoms with Crippen LogP contribution < -0.4 is 10.9 Å². The third-order valence-electron chi connectivity index (χ3n) is 5.33. The van der Waals surface area contributed by atoms with Crippen LogP contribution in [0.15, 0.2) is 60.7 Å². The molecule has 0 aliphatic carbocycles. The number of benzene rings is 3. The second-order valence-corrected chi connectivity index (χ2v) is 7.96. The number of hydrazine groups is 1. The van der Waals surface area contributed by atoms with Crippen LogP contribution in [0.4, 0.5) is 45.2 Å². The Morgan fingerprint density at radius 1 is 0.692 bits per heavy atom. The van der Waals surface area contributed by atoms with Crippen LogP contribution in [0.1, 0.15) is 27.0 Å². The second-order valence-electron chi connectivity index (χ2n) is 7.96. The van der Waals surface area contributed by atoms with Crippen molar-refractivity contribution in [2.45, 2.75) is 18.5 Å². The molecule has 7 nitrogen and oxygen atoms in total. The summed E-state index contributed by atoms with van der Waals surface area (Å²) in [6, 6.07) is 8.84. The molecule has 16 heteroatoms. The van der Waals surface area contributed by atoms with Gasteiger partial charge in [0.2, 0.25) is 0 Å². The fourth-order valence-electron chi connectivity index (χ4n) is 3.44. The predicted molar refractivity (Wildman–Crippen MR) is 118 cm³/mol. The second kappa shape index (κ2) is 9.92. The summed E-state index contributed by atoms with van der Waals surface area (Å²) in [4.78, 5) is 12.5. The molecule has 0 aliphatic rings. The van der Waals surface area contributed by atoms with E-state index in [0.29, 0.717) is 11.1 Å². The quantitative estimate of drug-likeness (QED) is 0.196. The van der Waals surface area contributed by atoms with Gasteiger partial charge in [0.1, 0.15) is 0 Å². The summed E-state index contributed by atoms with van der Waals surface area (Å²) in [5.74, 6) is -1.29. The number of carbonyl (C=O) groups excluding carboxylic acids is 1. The van der Waals surface area contributed by atoms with Gasteiger partial charge < -0.3 is 0 Å². The van der Waals surface area contributed by atoms with Crippen molar-refractivity contribution in [2.75, 3.05) is 5.43 Å². The van der Waals surface area contributed by atoms with E-state index in [-0.39, 0.29) is 35.3 Å². The Hall–Kier alpha value is -4.63. The first-order valence-corrected chi connectivity index (χ1v) is 10.5. The summed E-state index contributed by atoms with van der Waals surface area (Å²) in [5.41, 5.74) is 0.292. The van der Waals surface area contributed by atoms with Crippen molar-refractivity contribution in [3.63, 3.8) is 0 Å². The number of aromatic nitrogens is 4. The number of anilines is 1. The highest BCUT2D eigenvalue weighted by Gasteiger charge is 2.37. The van der Waals surface area contributed by atoms with Gasteiger partial charge in [-0.3, -0.25) is 15.6 Å². The molecular weight excluding hydrogens is 547 g/mol. The van der Waals surface area contributed by atoms with Crippen LogP contribution in [-0.4, -0.2) is 26.5 Å². The molecule has 1 aromatic heterocycles. The van der Waals surface area contributed by atoms with E-state index < -0.39 is 46.7 Å². The number of rotatable bonds is 5. The Morgan fingerprint density at radius 3 is 1.77 bits per heavy atom. The van der Waals surface area contributed by atoms with Gasteiger partial charge in [0.05, 0.1) is 22.4 Å². The first kappa shape index (κ1) is 27.4. The van der Waals surface area contributed by atoms with Crippen molar-refractivity contribution in [3.05, 3.63) is 82.9 Å². The summed E-state index contributed by atoms with van der Waals surface area (Å²) >= 11 is 0. The highest BCUT2D eigenvalue weighted by Crippen LogP contribution is 2.37. The average Bonchev–Trinajstić information content (AvgIpc) is 3.40. The molecule has 0 fully saturated rings. The molecule has 4 aromatic rings. The molecule has 0 bridgehead atoms. The number of hydrogen-bond donors (Lipinski definition) is 3. The van der Waals surface area contributed by atoms with Crippen LogP contribution in [0.5, 0.6) is 0 Å². The monoisotopic (exact) mass is 560 g/mol. The fourth-order valence-corrected chi connectivity index (χ4v) is 3.44. The first-order chi connectivity index (χ1) is 18.1. The van der Waals surface area contributed by atoms with Crippen molar-refractivity contribution >= 4 is 11.6 Å². The standard InChI is InChI=1S/C23H13F9N6O/c24-21(25,26)14-4-1-11(2-5-14)12-3-6-18(17(9-12)19-34-37-38-35-19)33-36-20(39)13-7-15(22(27,28)29)10-16(8-13)23(30,31)32/h1-10,33H,(H,36,39)(H,34,35,37,38). The molecule has 3 aromatic carbocycles. The molecule has 39 heavy (non-hydrogen) atoms. The lowest BCUT2D eigenvalue weighted by Crippen LogP contribution is -2.30. The summed E-state index contributed by atoms with van der Waals surface area (Å²) in [6.45, 7) is 0. The van der Waals surface area contributed by atoms with Gasteiger partial charge in [-0.25, -0.2) is 5.10 Å². The van der Waals surface area contributed by atoms with E-state index in [1.807, 2.05) is 5.43 Å². The maximum absolute atomic E-state index is 13.1. The molecular formula is C23H13F9N6O. The van der Waals surface area contributed by atoms with Crippen LogP contribution >= 0.6 is 0 Å². The van der Waals surface area contributed by atoms with Crippen LogP contribution in [0.25, 0.3) is 22.5 Å². The Bertz CT molecular complexity index is 1450. The largest absolute Gasteiger partial charge is 0.416 e. The third kappa shape index (κ3) is 6.27. The zero-order chi connectivity index (χ0) is 28.6. The van der Waals surface area contributed by atoms with Gasteiger partial charge in [-0.2, -0.15) is 39.5 Å². The van der Waals surface area contributed by atoms with Crippen LogP contribution in [-0.2, 0) is 18.5 Å². The first-order valence-electron chi connectivity index (χ1n) is 10.5. The predicted octanol–water partition coefficient (Wildman–Crippen LogP) is 6.35. The van der Waals surface area contributed by atoms with E-state index in [0.717, 1.165) is 12.1 Å². The van der Waals surface area contributed by atoms with Crippen molar-refractivity contribution in [1.82, 2.24) is 26.0 Å². The Kier molecular flexibility index (Phi) is 6.97. The number of nitrogens with one attached hydrogen (secondary N) is 3. The third-order valence-corrected chi connectivity index (χ3v) is 5.33. The molecule has 204 valence electrons. The van der Waals surface area contributed by atoms with E-state index in [1.54, 1.807) is 0 Å². The lowest BCUT2D eigenvalue weighted by Gasteiger charge is -2.16. The van der Waals surface area contributed by atoms with E-state index in [1.165, 1.54) is 30.3 Å². The van der Waals surface area contributed by atoms with Gasteiger partial charge in [0, 0.05) is 11.1 Å². The Balaban J connectivity index is 1.63. The van der Waals surface area contributed by atoms with Crippen LogP contribution in [0.2, 0.25) is 0 Å². The molecule has 1 heterocycles. The molecule has 0 saturated carbocycles. The number of carbonyl (C=O) groups is 1. The van der Waals surface area contributed by atoms with Crippen LogP contribution in [0.3, 0.4) is 0 Å². The number of halogens is 9. The zero-order valence-corrected chi connectivity index (χ0v) is 18.9. The summed E-state index contributed by atoms with van der Waals surface area (Å²) in [5, 5.41) is 13.0. The minimum absolute atomic E-state index is 0.0268. The minimum atomic E-state index is -5.15. The molecule has 0 atom stereocenters. The molecule has 1 amide bonds. The number of nitrogens with zero attached hydrogens (tertiary/aromatic N) is 3. The SMILES string of the molecule is O=C(NNc1ccc(-c2ccc(C(F)(F)F)cc2)cc1-c1nnn[nH]1)c1cc(C(F)(F)F)cc(C(F)(F)F)c1. The van der Waals surface area contributed by atoms with Crippen molar-refractivity contribution in [3.8, 4) is 22.5 Å². The minimum Gasteiger partial charge on any atom is -0.298 e. The molecule has 0 aliphatic heterocycles. The maximum Gasteiger partial charge on any atom is 0.416 e. The Labute approximate surface area is 212 Å². The summed E-state index contributed by atoms with van der Waals surface area (Å²) in [7, 11) is 0. The van der Waals surface area contributed by atoms with Crippen molar-refractivity contribution < 1.29 is 44.3 Å². The maximum atomic E-state index is 13.1. The molecule has 3 N–H and O–H groups in total. The highest BCUT2D eigenvalue weighted by molar-refractivity contribution is 5.96. The molecule has 0 saturated heterocycles. The number of H-pyrrole nitrogens is 1. The van der Waals surface area contributed by atoms with E-state index in [9.17, 15) is 44.3 Å². The van der Waals surface area contributed by atoms with Gasteiger partial charge in [-0.05, 0) is 64.0 Å². The van der Waals surface area contributed by atoms with Crippen LogP contribution in [0, 0.1) is 0 Å². The zero-order valence-electron chi connectivity index (χ0n) is 18.9. The average molecular weight is 560 g/mol. The fraction of sp³-hybridized carbons (Fsp3) is 0.130. The number of tetrazole rings is 1. The van der Waals surface area contributed by atoms with E-state index >= 15 is 0 Å². The summed E-state index contributed by atoms with van der Waals surface area (Å²) < 4.78 is 117. The Morgan fingerprint density at radius 2 is 1.26 bits per heavy atom. The van der Waals surface area contributed by atoms with Gasteiger partial charge in [-0.15, -0.1) is 5.10 Å². The topological polar surface area (TPSA) is 95.6 Å². The van der Waals surface area contributed by atoms with Gasteiger partial charge >= 0.3 is 18.5 Å². The molecule has 4 rings (SSSR count).